The van der Waals surface area contributed by atoms with Crippen molar-refractivity contribution in [2.24, 2.45) is 0 Å². The smallest absolute Gasteiger partial charge is 0.387 e. The van der Waals surface area contributed by atoms with Crippen LogP contribution in [-0.2, 0) is 12.7 Å². The molecule has 7 heteroatoms. The number of halogens is 3. The van der Waals surface area contributed by atoms with E-state index in [0.717, 1.165) is 12.1 Å². The minimum atomic E-state index is -4.36. The maximum absolute atomic E-state index is 12.7. The van der Waals surface area contributed by atoms with Crippen molar-refractivity contribution in [2.75, 3.05) is 0 Å². The summed E-state index contributed by atoms with van der Waals surface area (Å²) in [5, 5.41) is 9.99. The molecule has 0 saturated heterocycles. The summed E-state index contributed by atoms with van der Waals surface area (Å²) >= 11 is 1.27. The van der Waals surface area contributed by atoms with Gasteiger partial charge in [-0.1, -0.05) is 6.07 Å². The normalized spacial score (nSPS) is 22.0. The van der Waals surface area contributed by atoms with Gasteiger partial charge >= 0.3 is 6.18 Å². The fraction of sp³-hybridized carbons (Fsp3) is 0.308. The summed E-state index contributed by atoms with van der Waals surface area (Å²) in [6.45, 7) is 0.502. The first-order chi connectivity index (χ1) is 9.45. The highest BCUT2D eigenvalue weighted by Crippen LogP contribution is 2.46. The van der Waals surface area contributed by atoms with Gasteiger partial charge < -0.3 is 9.67 Å². The third-order valence-electron chi connectivity index (χ3n) is 3.24. The van der Waals surface area contributed by atoms with Gasteiger partial charge in [0.15, 0.2) is 0 Å². The Morgan fingerprint density at radius 1 is 1.35 bits per heavy atom. The molecule has 3 rings (SSSR count). The van der Waals surface area contributed by atoms with Gasteiger partial charge in [0.05, 0.1) is 23.2 Å². The van der Waals surface area contributed by atoms with Crippen LogP contribution in [0.25, 0.3) is 0 Å². The lowest BCUT2D eigenvalue weighted by Crippen LogP contribution is -2.16. The molecule has 3 nitrogen and oxygen atoms in total. The Labute approximate surface area is 117 Å². The fourth-order valence-electron chi connectivity index (χ4n) is 2.22. The number of benzene rings is 1. The lowest BCUT2D eigenvalue weighted by Gasteiger charge is -2.14. The number of nitrogens with zero attached hydrogens (tertiary/aromatic N) is 2. The fourth-order valence-corrected chi connectivity index (χ4v) is 3.59. The number of aromatic nitrogens is 2. The molecular weight excluding hydrogens is 289 g/mol. The van der Waals surface area contributed by atoms with Crippen molar-refractivity contribution in [3.05, 3.63) is 48.0 Å². The minimum absolute atomic E-state index is 0.206. The number of aliphatic hydroxyl groups excluding tert-OH is 1. The van der Waals surface area contributed by atoms with Crippen LogP contribution in [0, 0.1) is 0 Å². The molecule has 1 aromatic heterocycles. The molecule has 20 heavy (non-hydrogen) atoms. The maximum Gasteiger partial charge on any atom is 0.416 e. The van der Waals surface area contributed by atoms with Crippen molar-refractivity contribution >= 4 is 11.8 Å². The molecule has 0 unspecified atom stereocenters. The minimum Gasteiger partial charge on any atom is -0.387 e. The van der Waals surface area contributed by atoms with Crippen molar-refractivity contribution in [1.82, 2.24) is 9.55 Å². The third kappa shape index (κ3) is 2.43. The average molecular weight is 300 g/mol. The van der Waals surface area contributed by atoms with E-state index in [1.807, 2.05) is 0 Å². The molecule has 0 saturated carbocycles. The summed E-state index contributed by atoms with van der Waals surface area (Å²) in [6.07, 6.45) is -0.113. The highest BCUT2D eigenvalue weighted by atomic mass is 32.2. The molecule has 106 valence electrons. The first-order valence-corrected chi connectivity index (χ1v) is 6.85. The molecule has 2 aromatic rings. The largest absolute Gasteiger partial charge is 0.416 e. The van der Waals surface area contributed by atoms with Gasteiger partial charge in [0.2, 0.25) is 0 Å². The number of hydrogen-bond acceptors (Lipinski definition) is 3. The number of aliphatic hydroxyl groups is 1. The van der Waals surface area contributed by atoms with Crippen molar-refractivity contribution in [3.8, 4) is 0 Å². The van der Waals surface area contributed by atoms with E-state index in [4.69, 9.17) is 0 Å². The van der Waals surface area contributed by atoms with E-state index in [2.05, 4.69) is 4.98 Å². The monoisotopic (exact) mass is 300 g/mol. The summed E-state index contributed by atoms with van der Waals surface area (Å²) in [5.74, 6) is 0. The van der Waals surface area contributed by atoms with E-state index >= 15 is 0 Å². The number of alkyl halides is 3. The summed E-state index contributed by atoms with van der Waals surface area (Å²) < 4.78 is 39.8. The molecule has 1 aromatic carbocycles. The second-order valence-electron chi connectivity index (χ2n) is 4.61. The van der Waals surface area contributed by atoms with Crippen LogP contribution >= 0.6 is 11.8 Å². The van der Waals surface area contributed by atoms with Crippen molar-refractivity contribution in [3.63, 3.8) is 0 Å². The van der Waals surface area contributed by atoms with Crippen LogP contribution in [-0.4, -0.2) is 19.9 Å². The van der Waals surface area contributed by atoms with Crippen LogP contribution in [0.5, 0.6) is 0 Å². The van der Waals surface area contributed by atoms with Gasteiger partial charge in [-0.2, -0.15) is 13.2 Å². The zero-order chi connectivity index (χ0) is 14.3. The van der Waals surface area contributed by atoms with Gasteiger partial charge in [-0.15, -0.1) is 11.8 Å². The molecule has 0 radical (unpaired) electrons. The Morgan fingerprint density at radius 2 is 2.15 bits per heavy atom. The maximum atomic E-state index is 12.7. The Hall–Kier alpha value is -1.47. The van der Waals surface area contributed by atoms with E-state index in [9.17, 15) is 18.3 Å². The molecule has 1 aliphatic heterocycles. The first-order valence-electron chi connectivity index (χ1n) is 5.97. The van der Waals surface area contributed by atoms with Gasteiger partial charge in [-0.3, -0.25) is 0 Å². The molecular formula is C13H11F3N2OS. The lowest BCUT2D eigenvalue weighted by molar-refractivity contribution is -0.137. The summed E-state index contributed by atoms with van der Waals surface area (Å²) in [5.41, 5.74) is -0.118. The highest BCUT2D eigenvalue weighted by Gasteiger charge is 2.36. The van der Waals surface area contributed by atoms with Gasteiger partial charge in [-0.25, -0.2) is 4.98 Å². The van der Waals surface area contributed by atoms with E-state index in [0.29, 0.717) is 17.0 Å². The van der Waals surface area contributed by atoms with Crippen LogP contribution < -0.4 is 0 Å². The van der Waals surface area contributed by atoms with Crippen molar-refractivity contribution in [2.45, 2.75) is 29.0 Å². The van der Waals surface area contributed by atoms with Crippen LogP contribution in [0.2, 0.25) is 0 Å². The molecule has 1 N–H and O–H groups in total. The Bertz CT molecular complexity index is 613. The van der Waals surface area contributed by atoms with E-state index in [1.54, 1.807) is 23.3 Å². The summed E-state index contributed by atoms with van der Waals surface area (Å²) in [7, 11) is 0. The molecule has 0 bridgehead atoms. The van der Waals surface area contributed by atoms with Gasteiger partial charge in [0.25, 0.3) is 0 Å². The van der Waals surface area contributed by atoms with Crippen molar-refractivity contribution in [1.29, 1.82) is 0 Å². The predicted octanol–water partition coefficient (Wildman–Crippen LogP) is 3.11. The standard InChI is InChI=1S/C13H11F3N2OS/c14-13(15,16)8-1-2-9-10(5-8)20-11(12(9)19)6-18-4-3-17-7-18/h1-5,7,11-12,19H,6H2/t11-,12-/m1/s1. The van der Waals surface area contributed by atoms with Crippen LogP contribution in [0.1, 0.15) is 17.2 Å². The zero-order valence-electron chi connectivity index (χ0n) is 10.2. The van der Waals surface area contributed by atoms with E-state index in [1.165, 1.54) is 17.8 Å². The second-order valence-corrected chi connectivity index (χ2v) is 5.89. The van der Waals surface area contributed by atoms with Gasteiger partial charge in [-0.05, 0) is 17.7 Å². The molecule has 0 aliphatic carbocycles. The van der Waals surface area contributed by atoms with Gasteiger partial charge in [0, 0.05) is 23.8 Å². The number of imidazole rings is 1. The quantitative estimate of drug-likeness (QED) is 0.926. The molecule has 0 spiro atoms. The Morgan fingerprint density at radius 3 is 2.80 bits per heavy atom. The average Bonchev–Trinajstić information content (AvgIpc) is 2.98. The van der Waals surface area contributed by atoms with E-state index < -0.39 is 17.8 Å². The second kappa shape index (κ2) is 4.82. The van der Waals surface area contributed by atoms with Crippen molar-refractivity contribution < 1.29 is 18.3 Å². The van der Waals surface area contributed by atoms with E-state index in [-0.39, 0.29) is 5.25 Å². The molecule has 0 amide bonds. The first kappa shape index (κ1) is 13.5. The molecule has 2 heterocycles. The SMILES string of the molecule is O[C@@H]1c2ccc(C(F)(F)F)cc2S[C@@H]1Cn1ccnc1. The lowest BCUT2D eigenvalue weighted by atomic mass is 10.0. The summed E-state index contributed by atoms with van der Waals surface area (Å²) in [4.78, 5) is 4.41. The third-order valence-corrected chi connectivity index (χ3v) is 4.56. The van der Waals surface area contributed by atoms with Crippen LogP contribution in [0.15, 0.2) is 41.8 Å². The molecule has 1 aliphatic rings. The number of rotatable bonds is 2. The number of hydrogen-bond donors (Lipinski definition) is 1. The zero-order valence-corrected chi connectivity index (χ0v) is 11.0. The topological polar surface area (TPSA) is 38.0 Å². The molecule has 2 atom stereocenters. The number of fused-ring (bicyclic) bond motifs is 1. The van der Waals surface area contributed by atoms with Crippen LogP contribution in [0.3, 0.4) is 0 Å². The predicted molar refractivity (Wildman–Crippen MR) is 68.3 cm³/mol. The van der Waals surface area contributed by atoms with Gasteiger partial charge in [0.1, 0.15) is 0 Å². The Kier molecular flexibility index (Phi) is 3.25. The molecule has 0 fully saturated rings. The van der Waals surface area contributed by atoms with Crippen LogP contribution in [0.4, 0.5) is 13.2 Å². The highest BCUT2D eigenvalue weighted by molar-refractivity contribution is 8.00. The Balaban J connectivity index is 1.84. The summed E-state index contributed by atoms with van der Waals surface area (Å²) in [6, 6.07) is 3.49. The number of thioether (sulfide) groups is 1.